The molecule has 0 aromatic heterocycles. The van der Waals surface area contributed by atoms with Crippen molar-refractivity contribution in [3.63, 3.8) is 0 Å². The molecule has 0 saturated carbocycles. The number of carboxylic acid groups (broad SMARTS) is 1. The van der Waals surface area contributed by atoms with E-state index in [1.54, 1.807) is 6.07 Å². The minimum absolute atomic E-state index is 0.350. The van der Waals surface area contributed by atoms with E-state index in [1.807, 2.05) is 0 Å². The zero-order valence-corrected chi connectivity index (χ0v) is 9.97. The van der Waals surface area contributed by atoms with Gasteiger partial charge in [-0.3, -0.25) is 4.90 Å². The number of halogens is 1. The lowest BCUT2D eigenvalue weighted by atomic mass is 10.2. The molecule has 1 heterocycles. The average molecular weight is 268 g/mol. The lowest BCUT2D eigenvalue weighted by molar-refractivity contribution is -0.140. The Morgan fingerprint density at radius 3 is 2.84 bits per heavy atom. The van der Waals surface area contributed by atoms with Crippen LogP contribution < -0.4 is 10.2 Å². The summed E-state index contributed by atoms with van der Waals surface area (Å²) >= 11 is 0. The van der Waals surface area contributed by atoms with E-state index in [0.717, 1.165) is 5.56 Å². The van der Waals surface area contributed by atoms with E-state index >= 15 is 0 Å². The molecule has 1 aromatic carbocycles. The van der Waals surface area contributed by atoms with Crippen molar-refractivity contribution in [2.24, 2.45) is 0 Å². The van der Waals surface area contributed by atoms with Crippen LogP contribution in [0.3, 0.4) is 0 Å². The third kappa shape index (κ3) is 2.65. The van der Waals surface area contributed by atoms with E-state index < -0.39 is 30.5 Å². The predicted octanol–water partition coefficient (Wildman–Crippen LogP) is 0.343. The van der Waals surface area contributed by atoms with E-state index in [0.29, 0.717) is 18.7 Å². The van der Waals surface area contributed by atoms with Crippen molar-refractivity contribution < 1.29 is 24.2 Å². The molecule has 2 amide bonds. The first-order valence-electron chi connectivity index (χ1n) is 5.73. The molecule has 1 aliphatic rings. The maximum absolute atomic E-state index is 13.2. The van der Waals surface area contributed by atoms with Gasteiger partial charge in [-0.15, -0.1) is 0 Å². The molecular formula is C12H13FN2O4. The standard InChI is InChI=1S/C12H13FN2O4/c13-8-2-1-7-3-4-15(10(7)5-8)12(19)14-9(6-16)11(17)18/h1-2,5,9,16H,3-4,6H2,(H,14,19)(H,17,18). The van der Waals surface area contributed by atoms with Gasteiger partial charge in [0.2, 0.25) is 0 Å². The topological polar surface area (TPSA) is 89.9 Å². The number of aliphatic hydroxyl groups is 1. The van der Waals surface area contributed by atoms with E-state index in [1.165, 1.54) is 17.0 Å². The first kappa shape index (κ1) is 13.3. The lowest BCUT2D eigenvalue weighted by Crippen LogP contribution is -2.49. The second kappa shape index (κ2) is 5.23. The molecule has 6 nitrogen and oxygen atoms in total. The molecule has 1 atom stereocenters. The van der Waals surface area contributed by atoms with Crippen LogP contribution in [0.2, 0.25) is 0 Å². The average Bonchev–Trinajstić information content (AvgIpc) is 2.78. The number of aliphatic hydroxyl groups excluding tert-OH is 1. The Bertz CT molecular complexity index is 520. The Morgan fingerprint density at radius 1 is 1.47 bits per heavy atom. The summed E-state index contributed by atoms with van der Waals surface area (Å²) in [6, 6.07) is 2.11. The molecule has 1 aromatic rings. The number of carbonyl (C=O) groups excluding carboxylic acids is 1. The highest BCUT2D eigenvalue weighted by Gasteiger charge is 2.28. The summed E-state index contributed by atoms with van der Waals surface area (Å²) in [5.41, 5.74) is 1.26. The molecule has 0 aliphatic carbocycles. The number of hydrogen-bond acceptors (Lipinski definition) is 3. The highest BCUT2D eigenvalue weighted by Crippen LogP contribution is 2.28. The Labute approximate surface area is 108 Å². The summed E-state index contributed by atoms with van der Waals surface area (Å²) in [4.78, 5) is 23.9. The van der Waals surface area contributed by atoms with Crippen LogP contribution in [-0.4, -0.2) is 41.4 Å². The number of amides is 2. The van der Waals surface area contributed by atoms with Gasteiger partial charge in [-0.05, 0) is 24.1 Å². The van der Waals surface area contributed by atoms with Gasteiger partial charge < -0.3 is 15.5 Å². The molecule has 0 fully saturated rings. The molecule has 7 heteroatoms. The number of hydrogen-bond donors (Lipinski definition) is 3. The fraction of sp³-hybridized carbons (Fsp3) is 0.333. The SMILES string of the molecule is O=C(O)C(CO)NC(=O)N1CCc2ccc(F)cc21. The van der Waals surface area contributed by atoms with Crippen LogP contribution in [0.4, 0.5) is 14.9 Å². The molecule has 0 saturated heterocycles. The molecule has 19 heavy (non-hydrogen) atoms. The van der Waals surface area contributed by atoms with Crippen molar-refractivity contribution >= 4 is 17.7 Å². The first-order chi connectivity index (χ1) is 9.02. The van der Waals surface area contributed by atoms with Crippen molar-refractivity contribution in [3.05, 3.63) is 29.6 Å². The number of anilines is 1. The highest BCUT2D eigenvalue weighted by atomic mass is 19.1. The van der Waals surface area contributed by atoms with Crippen molar-refractivity contribution in [2.75, 3.05) is 18.1 Å². The number of fused-ring (bicyclic) bond motifs is 1. The van der Waals surface area contributed by atoms with Gasteiger partial charge in [0.25, 0.3) is 0 Å². The Balaban J connectivity index is 2.15. The largest absolute Gasteiger partial charge is 0.480 e. The monoisotopic (exact) mass is 268 g/mol. The minimum Gasteiger partial charge on any atom is -0.480 e. The minimum atomic E-state index is -1.37. The highest BCUT2D eigenvalue weighted by molar-refractivity contribution is 5.96. The fourth-order valence-corrected chi connectivity index (χ4v) is 1.98. The van der Waals surface area contributed by atoms with Gasteiger partial charge in [-0.1, -0.05) is 6.07 Å². The summed E-state index contributed by atoms with van der Waals surface area (Å²) < 4.78 is 13.2. The Morgan fingerprint density at radius 2 is 2.21 bits per heavy atom. The summed E-state index contributed by atoms with van der Waals surface area (Å²) in [7, 11) is 0. The number of carboxylic acids is 1. The maximum atomic E-state index is 13.2. The second-order valence-electron chi connectivity index (χ2n) is 4.20. The van der Waals surface area contributed by atoms with E-state index in [4.69, 9.17) is 10.2 Å². The van der Waals surface area contributed by atoms with Gasteiger partial charge in [0.05, 0.1) is 12.3 Å². The third-order valence-electron chi connectivity index (χ3n) is 2.97. The predicted molar refractivity (Wildman–Crippen MR) is 64.5 cm³/mol. The van der Waals surface area contributed by atoms with Crippen LogP contribution in [0.25, 0.3) is 0 Å². The molecule has 1 aliphatic heterocycles. The first-order valence-corrected chi connectivity index (χ1v) is 5.73. The van der Waals surface area contributed by atoms with Crippen molar-refractivity contribution in [1.82, 2.24) is 5.32 Å². The van der Waals surface area contributed by atoms with Gasteiger partial charge >= 0.3 is 12.0 Å². The Kier molecular flexibility index (Phi) is 3.66. The zero-order valence-electron chi connectivity index (χ0n) is 9.97. The summed E-state index contributed by atoms with van der Waals surface area (Å²) in [6.07, 6.45) is 0.583. The van der Waals surface area contributed by atoms with Crippen LogP contribution in [-0.2, 0) is 11.2 Å². The molecule has 0 radical (unpaired) electrons. The van der Waals surface area contributed by atoms with Crippen LogP contribution in [0.15, 0.2) is 18.2 Å². The number of rotatable bonds is 3. The maximum Gasteiger partial charge on any atom is 0.328 e. The van der Waals surface area contributed by atoms with Crippen molar-refractivity contribution in [2.45, 2.75) is 12.5 Å². The molecule has 1 unspecified atom stereocenters. The van der Waals surface area contributed by atoms with Crippen LogP contribution in [0, 0.1) is 5.82 Å². The number of nitrogens with one attached hydrogen (secondary N) is 1. The van der Waals surface area contributed by atoms with E-state index in [2.05, 4.69) is 5.32 Å². The lowest BCUT2D eigenvalue weighted by Gasteiger charge is -2.20. The molecule has 0 spiro atoms. The van der Waals surface area contributed by atoms with Crippen molar-refractivity contribution in [1.29, 1.82) is 0 Å². The van der Waals surface area contributed by atoms with Crippen LogP contribution in [0.5, 0.6) is 0 Å². The van der Waals surface area contributed by atoms with Gasteiger partial charge in [0.15, 0.2) is 6.04 Å². The fourth-order valence-electron chi connectivity index (χ4n) is 1.98. The summed E-state index contributed by atoms with van der Waals surface area (Å²) in [6.45, 7) is -0.354. The van der Waals surface area contributed by atoms with Crippen molar-refractivity contribution in [3.8, 4) is 0 Å². The molecule has 0 bridgehead atoms. The van der Waals surface area contributed by atoms with Gasteiger partial charge in [0, 0.05) is 6.54 Å². The van der Waals surface area contributed by atoms with E-state index in [-0.39, 0.29) is 0 Å². The number of benzene rings is 1. The second-order valence-corrected chi connectivity index (χ2v) is 4.20. The van der Waals surface area contributed by atoms with Gasteiger partial charge in [-0.25, -0.2) is 14.0 Å². The molecule has 2 rings (SSSR count). The van der Waals surface area contributed by atoms with Gasteiger partial charge in [-0.2, -0.15) is 0 Å². The van der Waals surface area contributed by atoms with Crippen LogP contribution >= 0.6 is 0 Å². The number of nitrogens with zero attached hydrogens (tertiary/aromatic N) is 1. The van der Waals surface area contributed by atoms with Crippen LogP contribution in [0.1, 0.15) is 5.56 Å². The third-order valence-corrected chi connectivity index (χ3v) is 2.97. The summed E-state index contributed by atoms with van der Waals surface area (Å²) in [5, 5.41) is 19.8. The smallest absolute Gasteiger partial charge is 0.328 e. The normalized spacial score (nSPS) is 14.9. The molecule has 3 N–H and O–H groups in total. The molecular weight excluding hydrogens is 255 g/mol. The number of carbonyl (C=O) groups is 2. The summed E-state index contributed by atoms with van der Waals surface area (Å²) in [5.74, 6) is -1.79. The number of urea groups is 1. The molecule has 102 valence electrons. The van der Waals surface area contributed by atoms with Gasteiger partial charge in [0.1, 0.15) is 5.82 Å². The number of aliphatic carboxylic acids is 1. The Hall–Kier alpha value is -2.15. The van der Waals surface area contributed by atoms with E-state index in [9.17, 15) is 14.0 Å². The zero-order chi connectivity index (χ0) is 14.0. The quantitative estimate of drug-likeness (QED) is 0.737.